The molecule has 3 nitrogen and oxygen atoms in total. The fourth-order valence-corrected chi connectivity index (χ4v) is 1.09. The molecular formula is C12H32N2O. The van der Waals surface area contributed by atoms with Gasteiger partial charge in [0.15, 0.2) is 0 Å². The van der Waals surface area contributed by atoms with Gasteiger partial charge in [-0.25, -0.2) is 0 Å². The van der Waals surface area contributed by atoms with Crippen LogP contribution in [0.4, 0.5) is 0 Å². The van der Waals surface area contributed by atoms with E-state index in [-0.39, 0.29) is 8.76 Å². The molecule has 0 fully saturated rings. The minimum Gasteiger partial charge on any atom is -0.356 e. The Morgan fingerprint density at radius 1 is 1.33 bits per heavy atom. The van der Waals surface area contributed by atoms with E-state index in [4.69, 9.17) is 5.73 Å². The summed E-state index contributed by atoms with van der Waals surface area (Å²) in [6, 6.07) is 0. The molecule has 0 aromatic rings. The van der Waals surface area contributed by atoms with E-state index in [0.717, 1.165) is 25.8 Å². The molecule has 0 spiro atoms. The molecule has 0 saturated carbocycles. The maximum absolute atomic E-state index is 11.1. The van der Waals surface area contributed by atoms with Crippen LogP contribution in [0, 0.1) is 5.92 Å². The summed E-state index contributed by atoms with van der Waals surface area (Å²) in [7, 11) is 0. The lowest BCUT2D eigenvalue weighted by Crippen LogP contribution is -2.25. The Kier molecular flexibility index (Phi) is 15.1. The van der Waals surface area contributed by atoms with Crippen LogP contribution in [0.5, 0.6) is 0 Å². The van der Waals surface area contributed by atoms with Gasteiger partial charge < -0.3 is 11.1 Å². The lowest BCUT2D eigenvalue weighted by molar-refractivity contribution is -0.121. The Hall–Kier alpha value is -0.570. The van der Waals surface area contributed by atoms with Crippen molar-refractivity contribution >= 4 is 5.91 Å². The summed E-state index contributed by atoms with van der Waals surface area (Å²) < 4.78 is 0. The molecule has 0 bridgehead atoms. The third-order valence-electron chi connectivity index (χ3n) is 1.89. The van der Waals surface area contributed by atoms with Gasteiger partial charge in [0.2, 0.25) is 5.91 Å². The Bertz CT molecular complexity index is 144. The molecule has 96 valence electrons. The predicted molar refractivity (Wildman–Crippen MR) is 70.9 cm³/mol. The van der Waals surface area contributed by atoms with Crippen LogP contribution in [0.1, 0.15) is 56.2 Å². The number of nitrogens with one attached hydrogen (secondary N) is 1. The number of nitrogens with two attached hydrogens (primary N) is 1. The molecule has 0 rings (SSSR count). The van der Waals surface area contributed by atoms with Crippen LogP contribution < -0.4 is 11.1 Å². The Labute approximate surface area is 97.8 Å². The number of carbonyl (C=O) groups is 1. The molecule has 0 saturated heterocycles. The van der Waals surface area contributed by atoms with Crippen molar-refractivity contribution in [2.45, 2.75) is 53.4 Å². The number of hydrogen-bond donors (Lipinski definition) is 2. The second-order valence-electron chi connectivity index (χ2n) is 3.78. The average molecular weight is 220 g/mol. The molecule has 0 atom stereocenters. The summed E-state index contributed by atoms with van der Waals surface area (Å²) in [5, 5.41) is 2.84. The molecule has 0 aromatic carbocycles. The lowest BCUT2D eigenvalue weighted by Gasteiger charge is -2.05. The van der Waals surface area contributed by atoms with E-state index in [9.17, 15) is 4.79 Å². The molecule has 0 aliphatic rings. The normalized spacial score (nSPS) is 9.47. The second-order valence-corrected chi connectivity index (χ2v) is 3.78. The number of amides is 1. The number of hydrogen-bond acceptors (Lipinski definition) is 2. The van der Waals surface area contributed by atoms with Crippen molar-refractivity contribution in [2.24, 2.45) is 11.7 Å². The monoisotopic (exact) mass is 220 g/mol. The fourth-order valence-electron chi connectivity index (χ4n) is 1.09. The first kappa shape index (κ1) is 16.8. The zero-order valence-electron chi connectivity index (χ0n) is 10.8. The van der Waals surface area contributed by atoms with Gasteiger partial charge in [0.05, 0.1) is 0 Å². The first-order valence-electron chi connectivity index (χ1n) is 6.13. The van der Waals surface area contributed by atoms with Gasteiger partial charge in [-0.1, -0.05) is 34.1 Å². The summed E-state index contributed by atoms with van der Waals surface area (Å²) in [6.07, 6.45) is 3.65. The molecule has 1 amide bonds. The zero-order chi connectivity index (χ0) is 12.1. The van der Waals surface area contributed by atoms with Gasteiger partial charge in [-0.3, -0.25) is 4.79 Å². The standard InChI is InChI=1S/C10H22N2O.C2H6.2H2/c1-9(2)5-3-6-10(13)12-8-4-7-11;1-2;;/h9H,3-8,11H2,1-2H3,(H,12,13);1-2H3;2*1H. The minimum absolute atomic E-state index is 0. The highest BCUT2D eigenvalue weighted by molar-refractivity contribution is 5.75. The molecule has 0 radical (unpaired) electrons. The summed E-state index contributed by atoms with van der Waals surface area (Å²) in [5.41, 5.74) is 5.30. The minimum atomic E-state index is 0. The molecular weight excluding hydrogens is 188 g/mol. The SMILES string of the molecule is CC.CC(C)CCCC(=O)NCCCN.[HH].[HH]. The zero-order valence-corrected chi connectivity index (χ0v) is 10.8. The summed E-state index contributed by atoms with van der Waals surface area (Å²) in [4.78, 5) is 11.1. The average Bonchev–Trinajstić information content (AvgIpc) is 2.21. The van der Waals surface area contributed by atoms with Crippen molar-refractivity contribution in [2.75, 3.05) is 13.1 Å². The third-order valence-corrected chi connectivity index (χ3v) is 1.89. The van der Waals surface area contributed by atoms with Crippen LogP contribution in [0.3, 0.4) is 0 Å². The molecule has 15 heavy (non-hydrogen) atoms. The topological polar surface area (TPSA) is 55.1 Å². The first-order valence-corrected chi connectivity index (χ1v) is 6.13. The van der Waals surface area contributed by atoms with Crippen molar-refractivity contribution in [3.8, 4) is 0 Å². The van der Waals surface area contributed by atoms with Crippen molar-refractivity contribution in [3.63, 3.8) is 0 Å². The second kappa shape index (κ2) is 13.4. The van der Waals surface area contributed by atoms with E-state index < -0.39 is 0 Å². The van der Waals surface area contributed by atoms with Gasteiger partial charge in [-0.15, -0.1) is 0 Å². The van der Waals surface area contributed by atoms with Gasteiger partial charge in [0, 0.05) is 15.8 Å². The number of rotatable bonds is 7. The van der Waals surface area contributed by atoms with Crippen LogP contribution >= 0.6 is 0 Å². The maximum Gasteiger partial charge on any atom is 0.219 e. The van der Waals surface area contributed by atoms with Gasteiger partial charge in [-0.05, 0) is 25.3 Å². The van der Waals surface area contributed by atoms with Crippen LogP contribution in [-0.2, 0) is 4.79 Å². The Morgan fingerprint density at radius 2 is 1.93 bits per heavy atom. The van der Waals surface area contributed by atoms with E-state index in [0.29, 0.717) is 18.9 Å². The van der Waals surface area contributed by atoms with Crippen LogP contribution in [-0.4, -0.2) is 19.0 Å². The highest BCUT2D eigenvalue weighted by Crippen LogP contribution is 2.05. The van der Waals surface area contributed by atoms with Crippen molar-refractivity contribution < 1.29 is 7.65 Å². The molecule has 3 N–H and O–H groups in total. The van der Waals surface area contributed by atoms with E-state index in [1.807, 2.05) is 13.8 Å². The molecule has 3 heteroatoms. The maximum atomic E-state index is 11.1. The van der Waals surface area contributed by atoms with Gasteiger partial charge in [0.25, 0.3) is 0 Å². The molecule has 0 heterocycles. The van der Waals surface area contributed by atoms with Crippen LogP contribution in [0.2, 0.25) is 0 Å². The van der Waals surface area contributed by atoms with E-state index in [1.165, 1.54) is 0 Å². The summed E-state index contributed by atoms with van der Waals surface area (Å²) >= 11 is 0. The van der Waals surface area contributed by atoms with E-state index in [1.54, 1.807) is 0 Å². The van der Waals surface area contributed by atoms with Crippen molar-refractivity contribution in [1.82, 2.24) is 5.32 Å². The summed E-state index contributed by atoms with van der Waals surface area (Å²) in [5.74, 6) is 0.853. The molecule has 0 unspecified atom stereocenters. The molecule has 0 aromatic heterocycles. The lowest BCUT2D eigenvalue weighted by atomic mass is 10.1. The first-order chi connectivity index (χ1) is 7.16. The Morgan fingerprint density at radius 3 is 2.40 bits per heavy atom. The summed E-state index contributed by atoms with van der Waals surface area (Å²) in [6.45, 7) is 9.71. The highest BCUT2D eigenvalue weighted by atomic mass is 16.1. The van der Waals surface area contributed by atoms with E-state index in [2.05, 4.69) is 19.2 Å². The largest absolute Gasteiger partial charge is 0.356 e. The van der Waals surface area contributed by atoms with Gasteiger partial charge >= 0.3 is 0 Å². The quantitative estimate of drug-likeness (QED) is 0.648. The molecule has 0 aliphatic carbocycles. The number of carbonyl (C=O) groups excluding carboxylic acids is 1. The van der Waals surface area contributed by atoms with Crippen molar-refractivity contribution in [1.29, 1.82) is 0 Å². The third kappa shape index (κ3) is 16.1. The molecule has 0 aliphatic heterocycles. The van der Waals surface area contributed by atoms with Gasteiger partial charge in [0.1, 0.15) is 0 Å². The highest BCUT2D eigenvalue weighted by Gasteiger charge is 2.00. The van der Waals surface area contributed by atoms with Crippen molar-refractivity contribution in [3.05, 3.63) is 0 Å². The van der Waals surface area contributed by atoms with Crippen LogP contribution in [0.15, 0.2) is 0 Å². The Balaban J connectivity index is -0.000000199. The smallest absolute Gasteiger partial charge is 0.219 e. The fraction of sp³-hybridized carbons (Fsp3) is 0.917. The van der Waals surface area contributed by atoms with Crippen LogP contribution in [0.25, 0.3) is 0 Å². The predicted octanol–water partition coefficient (Wildman–Crippen LogP) is 2.80. The van der Waals surface area contributed by atoms with Gasteiger partial charge in [-0.2, -0.15) is 0 Å². The van der Waals surface area contributed by atoms with E-state index >= 15 is 0 Å².